The summed E-state index contributed by atoms with van der Waals surface area (Å²) in [6.07, 6.45) is 0. The van der Waals surface area contributed by atoms with E-state index in [1.807, 2.05) is 72.0 Å². The third-order valence-electron chi connectivity index (χ3n) is 9.45. The van der Waals surface area contributed by atoms with Gasteiger partial charge < -0.3 is 4.57 Å². The van der Waals surface area contributed by atoms with Crippen LogP contribution in [-0.4, -0.2) is 19.5 Å². The minimum absolute atomic E-state index is 0.635. The van der Waals surface area contributed by atoms with E-state index < -0.39 is 0 Å². The Bertz CT molecular complexity index is 2800. The minimum Gasteiger partial charge on any atom is -0.309 e. The lowest BCUT2D eigenvalue weighted by molar-refractivity contribution is 1.07. The molecular formula is C45H28N4S. The highest BCUT2D eigenvalue weighted by atomic mass is 32.1. The highest BCUT2D eigenvalue weighted by Crippen LogP contribution is 2.42. The van der Waals surface area contributed by atoms with E-state index in [-0.39, 0.29) is 0 Å². The largest absolute Gasteiger partial charge is 0.309 e. The summed E-state index contributed by atoms with van der Waals surface area (Å²) in [5.41, 5.74) is 8.52. The van der Waals surface area contributed by atoms with Gasteiger partial charge >= 0.3 is 0 Å². The predicted octanol–water partition coefficient (Wildman–Crippen LogP) is 12.0. The Hall–Kier alpha value is -6.43. The van der Waals surface area contributed by atoms with Crippen molar-refractivity contribution in [2.75, 3.05) is 0 Å². The van der Waals surface area contributed by atoms with Crippen molar-refractivity contribution in [1.82, 2.24) is 19.5 Å². The molecule has 5 heteroatoms. The van der Waals surface area contributed by atoms with Crippen molar-refractivity contribution in [2.45, 2.75) is 0 Å². The van der Waals surface area contributed by atoms with Crippen LogP contribution in [0.1, 0.15) is 0 Å². The van der Waals surface area contributed by atoms with Crippen molar-refractivity contribution in [2.24, 2.45) is 0 Å². The molecule has 0 atom stereocenters. The number of hydrogen-bond acceptors (Lipinski definition) is 4. The Morgan fingerprint density at radius 2 is 0.920 bits per heavy atom. The lowest BCUT2D eigenvalue weighted by Gasteiger charge is -2.16. The summed E-state index contributed by atoms with van der Waals surface area (Å²) in [6, 6.07) is 59.7. The van der Waals surface area contributed by atoms with Gasteiger partial charge in [0.15, 0.2) is 17.5 Å². The van der Waals surface area contributed by atoms with Gasteiger partial charge in [0.05, 0.1) is 16.7 Å². The van der Waals surface area contributed by atoms with Crippen molar-refractivity contribution >= 4 is 53.3 Å². The topological polar surface area (TPSA) is 43.6 Å². The maximum atomic E-state index is 5.05. The number of fused-ring (bicyclic) bond motifs is 6. The van der Waals surface area contributed by atoms with Crippen LogP contribution < -0.4 is 0 Å². The summed E-state index contributed by atoms with van der Waals surface area (Å²) < 4.78 is 5.02. The van der Waals surface area contributed by atoms with E-state index >= 15 is 0 Å². The van der Waals surface area contributed by atoms with Crippen molar-refractivity contribution in [3.05, 3.63) is 170 Å². The molecule has 10 rings (SSSR count). The normalized spacial score (nSPS) is 11.6. The number of hydrogen-bond donors (Lipinski definition) is 0. The Labute approximate surface area is 292 Å². The molecule has 7 aromatic carbocycles. The molecule has 0 saturated heterocycles. The number of aromatic nitrogens is 4. The van der Waals surface area contributed by atoms with Crippen LogP contribution in [0.25, 0.3) is 93.0 Å². The fourth-order valence-electron chi connectivity index (χ4n) is 7.10. The van der Waals surface area contributed by atoms with Crippen LogP contribution in [-0.2, 0) is 0 Å². The van der Waals surface area contributed by atoms with Gasteiger partial charge in [-0.05, 0) is 48.0 Å². The molecule has 4 nitrogen and oxygen atoms in total. The van der Waals surface area contributed by atoms with E-state index in [1.54, 1.807) is 0 Å². The Morgan fingerprint density at radius 3 is 1.60 bits per heavy atom. The Morgan fingerprint density at radius 1 is 0.360 bits per heavy atom. The van der Waals surface area contributed by atoms with E-state index in [1.165, 1.54) is 42.0 Å². The molecular weight excluding hydrogens is 629 g/mol. The van der Waals surface area contributed by atoms with Crippen LogP contribution in [0.4, 0.5) is 0 Å². The summed E-state index contributed by atoms with van der Waals surface area (Å²) in [5, 5.41) is 5.10. The molecule has 0 fully saturated rings. The smallest absolute Gasteiger partial charge is 0.164 e. The molecule has 0 amide bonds. The average molecular weight is 657 g/mol. The highest BCUT2D eigenvalue weighted by molar-refractivity contribution is 7.25. The number of para-hydroxylation sites is 1. The zero-order chi connectivity index (χ0) is 33.0. The van der Waals surface area contributed by atoms with Gasteiger partial charge in [-0.1, -0.05) is 127 Å². The van der Waals surface area contributed by atoms with Gasteiger partial charge in [-0.25, -0.2) is 15.0 Å². The first-order valence-electron chi connectivity index (χ1n) is 16.7. The lowest BCUT2D eigenvalue weighted by atomic mass is 10.00. The standard InChI is InChI=1S/C45H28N4S/c1-4-14-29(15-5-1)35-26-32(45-47-43(30-16-6-2-7-17-30)46-44(48-45)31-18-8-3-9-19-31)24-25-39(35)49-38-22-12-10-20-33(38)36-27-37-34-21-11-13-23-41(34)50-42(37)28-40(36)49/h1-28H. The fourth-order valence-corrected chi connectivity index (χ4v) is 8.22. The molecule has 234 valence electrons. The fraction of sp³-hybridized carbons (Fsp3) is 0. The molecule has 0 saturated carbocycles. The molecule has 0 N–H and O–H groups in total. The highest BCUT2D eigenvalue weighted by Gasteiger charge is 2.20. The van der Waals surface area contributed by atoms with Gasteiger partial charge in [-0.2, -0.15) is 0 Å². The summed E-state index contributed by atoms with van der Waals surface area (Å²) in [7, 11) is 0. The lowest BCUT2D eigenvalue weighted by Crippen LogP contribution is -2.02. The van der Waals surface area contributed by atoms with Gasteiger partial charge in [0, 0.05) is 53.2 Å². The zero-order valence-electron chi connectivity index (χ0n) is 26.9. The number of rotatable bonds is 5. The first-order valence-corrected chi connectivity index (χ1v) is 17.5. The summed E-state index contributed by atoms with van der Waals surface area (Å²) in [6.45, 7) is 0. The third kappa shape index (κ3) is 4.71. The Kier molecular flexibility index (Phi) is 6.64. The van der Waals surface area contributed by atoms with Crippen LogP contribution in [0.5, 0.6) is 0 Å². The van der Waals surface area contributed by atoms with Crippen LogP contribution in [0.15, 0.2) is 170 Å². The molecule has 0 radical (unpaired) electrons. The minimum atomic E-state index is 0.635. The summed E-state index contributed by atoms with van der Waals surface area (Å²) >= 11 is 1.85. The molecule has 0 spiro atoms. The van der Waals surface area contributed by atoms with E-state index in [4.69, 9.17) is 15.0 Å². The quantitative estimate of drug-likeness (QED) is 0.185. The van der Waals surface area contributed by atoms with Gasteiger partial charge in [0.25, 0.3) is 0 Å². The van der Waals surface area contributed by atoms with E-state index in [0.29, 0.717) is 17.5 Å². The first-order chi connectivity index (χ1) is 24.8. The van der Waals surface area contributed by atoms with Gasteiger partial charge in [-0.3, -0.25) is 0 Å². The molecule has 0 aliphatic carbocycles. The summed E-state index contributed by atoms with van der Waals surface area (Å²) in [5.74, 6) is 1.93. The SMILES string of the molecule is c1ccc(-c2nc(-c3ccccc3)nc(-c3ccc(-n4c5ccccc5c5cc6c(cc54)sc4ccccc46)c(-c4ccccc4)c3)n2)cc1. The first kappa shape index (κ1) is 28.6. The van der Waals surface area contributed by atoms with Crippen molar-refractivity contribution in [3.8, 4) is 51.0 Å². The maximum Gasteiger partial charge on any atom is 0.164 e. The third-order valence-corrected chi connectivity index (χ3v) is 10.6. The van der Waals surface area contributed by atoms with E-state index in [2.05, 4.69) is 114 Å². The average Bonchev–Trinajstić information content (AvgIpc) is 3.72. The second-order valence-corrected chi connectivity index (χ2v) is 13.5. The molecule has 3 heterocycles. The van der Waals surface area contributed by atoms with Crippen molar-refractivity contribution in [1.29, 1.82) is 0 Å². The van der Waals surface area contributed by atoms with E-state index in [0.717, 1.165) is 33.5 Å². The van der Waals surface area contributed by atoms with Gasteiger partial charge in [0.2, 0.25) is 0 Å². The van der Waals surface area contributed by atoms with Gasteiger partial charge in [0.1, 0.15) is 0 Å². The molecule has 0 aliphatic heterocycles. The van der Waals surface area contributed by atoms with Crippen molar-refractivity contribution in [3.63, 3.8) is 0 Å². The summed E-state index contributed by atoms with van der Waals surface area (Å²) in [4.78, 5) is 15.0. The number of benzene rings is 7. The maximum absolute atomic E-state index is 5.05. The van der Waals surface area contributed by atoms with Gasteiger partial charge in [-0.15, -0.1) is 11.3 Å². The van der Waals surface area contributed by atoms with Crippen LogP contribution in [0.3, 0.4) is 0 Å². The molecule has 10 aromatic rings. The molecule has 3 aromatic heterocycles. The van der Waals surface area contributed by atoms with Crippen LogP contribution in [0, 0.1) is 0 Å². The molecule has 0 bridgehead atoms. The van der Waals surface area contributed by atoms with Crippen molar-refractivity contribution < 1.29 is 0 Å². The predicted molar refractivity (Wildman–Crippen MR) is 209 cm³/mol. The van der Waals surface area contributed by atoms with Crippen LogP contribution >= 0.6 is 11.3 Å². The molecule has 50 heavy (non-hydrogen) atoms. The molecule has 0 unspecified atom stereocenters. The zero-order valence-corrected chi connectivity index (χ0v) is 27.7. The molecule has 0 aliphatic rings. The number of thiophene rings is 1. The van der Waals surface area contributed by atoms with Crippen LogP contribution in [0.2, 0.25) is 0 Å². The monoisotopic (exact) mass is 656 g/mol. The van der Waals surface area contributed by atoms with E-state index in [9.17, 15) is 0 Å². The second kappa shape index (κ2) is 11.6. The Balaban J connectivity index is 1.23. The second-order valence-electron chi connectivity index (χ2n) is 12.5. The number of nitrogens with zero attached hydrogens (tertiary/aromatic N) is 4.